The van der Waals surface area contributed by atoms with E-state index in [0.29, 0.717) is 15.1 Å². The second-order valence-electron chi connectivity index (χ2n) is 10.3. The van der Waals surface area contributed by atoms with Gasteiger partial charge in [0.1, 0.15) is 5.75 Å². The zero-order valence-corrected chi connectivity index (χ0v) is 27.2. The largest absolute Gasteiger partial charge is 0.480 e. The van der Waals surface area contributed by atoms with Crippen LogP contribution in [0, 0.1) is 5.92 Å². The molecule has 230 valence electrons. The number of hydrogen-bond donors (Lipinski definition) is 1. The van der Waals surface area contributed by atoms with Gasteiger partial charge in [-0.25, -0.2) is 9.59 Å². The molecule has 1 aliphatic heterocycles. The number of esters is 2. The van der Waals surface area contributed by atoms with E-state index in [1.807, 2.05) is 73.3 Å². The highest BCUT2D eigenvalue weighted by atomic mass is 79.9. The molecule has 11 heteroatoms. The lowest BCUT2D eigenvalue weighted by Crippen LogP contribution is -2.50. The first kappa shape index (κ1) is 32.5. The molecule has 1 atom stereocenters. The van der Waals surface area contributed by atoms with E-state index in [4.69, 9.17) is 18.9 Å². The Morgan fingerprint density at radius 1 is 1.07 bits per heavy atom. The zero-order chi connectivity index (χ0) is 30.9. The van der Waals surface area contributed by atoms with E-state index in [-0.39, 0.29) is 41.7 Å². The predicted molar refractivity (Wildman–Crippen MR) is 170 cm³/mol. The van der Waals surface area contributed by atoms with Gasteiger partial charge in [0.15, 0.2) is 23.3 Å². The van der Waals surface area contributed by atoms with Crippen LogP contribution in [0.4, 0.5) is 5.69 Å². The minimum absolute atomic E-state index is 0.0321. The molecule has 4 rings (SSSR count). The van der Waals surface area contributed by atoms with Crippen molar-refractivity contribution in [3.63, 3.8) is 0 Å². The molecule has 1 saturated heterocycles. The maximum atomic E-state index is 14.2. The second kappa shape index (κ2) is 15.4. The molecule has 3 aromatic rings. The van der Waals surface area contributed by atoms with E-state index in [1.54, 1.807) is 6.92 Å². The molecule has 2 heterocycles. The van der Waals surface area contributed by atoms with Gasteiger partial charge in [0.25, 0.3) is 5.91 Å². The maximum absolute atomic E-state index is 14.2. The molecular formula is C32H37BrN2O7S. The molecule has 0 spiro atoms. The van der Waals surface area contributed by atoms with Crippen molar-refractivity contribution >= 4 is 50.8 Å². The fourth-order valence-electron chi connectivity index (χ4n) is 5.03. The zero-order valence-electron chi connectivity index (χ0n) is 24.8. The average Bonchev–Trinajstić information content (AvgIpc) is 3.35. The van der Waals surface area contributed by atoms with Crippen molar-refractivity contribution in [2.75, 3.05) is 38.3 Å². The van der Waals surface area contributed by atoms with Gasteiger partial charge in [0.05, 0.1) is 23.1 Å². The molecule has 0 saturated carbocycles. The summed E-state index contributed by atoms with van der Waals surface area (Å²) in [5.74, 6) is -0.463. The Balaban J connectivity index is 1.67. The maximum Gasteiger partial charge on any atom is 0.351 e. The fourth-order valence-corrected chi connectivity index (χ4v) is 7.00. The first-order chi connectivity index (χ1) is 20.7. The Hall–Kier alpha value is -3.41. The van der Waals surface area contributed by atoms with Gasteiger partial charge in [-0.05, 0) is 92.5 Å². The summed E-state index contributed by atoms with van der Waals surface area (Å²) in [7, 11) is 1.28. The minimum atomic E-state index is -0.694. The van der Waals surface area contributed by atoms with Crippen molar-refractivity contribution < 1.29 is 33.3 Å². The highest BCUT2D eigenvalue weighted by Gasteiger charge is 2.36. The van der Waals surface area contributed by atoms with Crippen molar-refractivity contribution in [1.82, 2.24) is 5.32 Å². The molecule has 1 unspecified atom stereocenters. The summed E-state index contributed by atoms with van der Waals surface area (Å²) >= 11 is 4.73. The monoisotopic (exact) mass is 672 g/mol. The van der Waals surface area contributed by atoms with Crippen LogP contribution in [0.5, 0.6) is 11.5 Å². The summed E-state index contributed by atoms with van der Waals surface area (Å²) in [4.78, 5) is 41.4. The Morgan fingerprint density at radius 2 is 1.79 bits per heavy atom. The summed E-state index contributed by atoms with van der Waals surface area (Å²) in [6, 6.07) is 17.0. The van der Waals surface area contributed by atoms with Crippen LogP contribution < -0.4 is 19.7 Å². The van der Waals surface area contributed by atoms with Crippen molar-refractivity contribution in [3.05, 3.63) is 63.9 Å². The number of benzene rings is 2. The summed E-state index contributed by atoms with van der Waals surface area (Å²) in [6.07, 6.45) is 0.939. The number of carbonyl (C=O) groups is 3. The molecule has 0 radical (unpaired) electrons. The van der Waals surface area contributed by atoms with E-state index >= 15 is 0 Å². The van der Waals surface area contributed by atoms with Crippen LogP contribution in [-0.2, 0) is 19.1 Å². The third-order valence-electron chi connectivity index (χ3n) is 7.02. The van der Waals surface area contributed by atoms with E-state index in [9.17, 15) is 14.4 Å². The molecule has 9 nitrogen and oxygen atoms in total. The van der Waals surface area contributed by atoms with Crippen LogP contribution in [0.25, 0.3) is 10.4 Å². The quantitative estimate of drug-likeness (QED) is 0.231. The lowest BCUT2D eigenvalue weighted by atomic mass is 9.90. The van der Waals surface area contributed by atoms with Crippen LogP contribution in [0.3, 0.4) is 0 Å². The summed E-state index contributed by atoms with van der Waals surface area (Å²) in [5.41, 5.74) is 1.57. The van der Waals surface area contributed by atoms with Gasteiger partial charge >= 0.3 is 11.9 Å². The second-order valence-corrected chi connectivity index (χ2v) is 12.1. The number of anilines is 1. The molecular weight excluding hydrogens is 636 g/mol. The molecule has 1 amide bonds. The summed E-state index contributed by atoms with van der Waals surface area (Å²) in [5, 5.41) is 3.38. The average molecular weight is 674 g/mol. The smallest absolute Gasteiger partial charge is 0.351 e. The number of carbonyl (C=O) groups excluding carboxylic acids is 3. The third-order valence-corrected chi connectivity index (χ3v) is 9.24. The van der Waals surface area contributed by atoms with Crippen LogP contribution in [0.2, 0.25) is 0 Å². The van der Waals surface area contributed by atoms with Crippen molar-refractivity contribution in [3.8, 4) is 21.9 Å². The summed E-state index contributed by atoms with van der Waals surface area (Å²) < 4.78 is 22.7. The molecule has 0 aliphatic carbocycles. The van der Waals surface area contributed by atoms with Gasteiger partial charge in [-0.2, -0.15) is 0 Å². The SMILES string of the molecule is CCOC(=O)COc1c(C(=O)OC)sc(-c2cccc(OC(C(=O)N(c3ccccc3)C(C)C)C3CCNCC3)c2)c1Br. The number of nitrogens with zero attached hydrogens (tertiary/aromatic N) is 1. The first-order valence-electron chi connectivity index (χ1n) is 14.3. The molecule has 0 bridgehead atoms. The predicted octanol–water partition coefficient (Wildman–Crippen LogP) is 6.09. The topological polar surface area (TPSA) is 103 Å². The number of ether oxygens (including phenoxy) is 4. The number of halogens is 1. The highest BCUT2D eigenvalue weighted by Crippen LogP contribution is 2.46. The number of hydrogen-bond acceptors (Lipinski definition) is 9. The lowest BCUT2D eigenvalue weighted by Gasteiger charge is -2.36. The number of amides is 1. The van der Waals surface area contributed by atoms with Crippen molar-refractivity contribution in [2.45, 2.75) is 45.8 Å². The number of piperidine rings is 1. The fraction of sp³-hybridized carbons (Fsp3) is 0.406. The Kier molecular flexibility index (Phi) is 11.6. The minimum Gasteiger partial charge on any atom is -0.480 e. The molecule has 43 heavy (non-hydrogen) atoms. The Morgan fingerprint density at radius 3 is 2.44 bits per heavy atom. The van der Waals surface area contributed by atoms with E-state index in [0.717, 1.165) is 37.2 Å². The highest BCUT2D eigenvalue weighted by molar-refractivity contribution is 9.10. The van der Waals surface area contributed by atoms with Gasteiger partial charge in [0, 0.05) is 17.6 Å². The number of thiophene rings is 1. The van der Waals surface area contributed by atoms with Gasteiger partial charge in [-0.15, -0.1) is 11.3 Å². The van der Waals surface area contributed by atoms with Crippen molar-refractivity contribution in [1.29, 1.82) is 0 Å². The summed E-state index contributed by atoms with van der Waals surface area (Å²) in [6.45, 7) is 7.20. The number of methoxy groups -OCH3 is 1. The van der Waals surface area contributed by atoms with E-state index < -0.39 is 18.0 Å². The Bertz CT molecular complexity index is 1410. The van der Waals surface area contributed by atoms with Gasteiger partial charge in [0.2, 0.25) is 0 Å². The van der Waals surface area contributed by atoms with E-state index in [2.05, 4.69) is 21.2 Å². The lowest BCUT2D eigenvalue weighted by molar-refractivity contribution is -0.145. The van der Waals surface area contributed by atoms with Gasteiger partial charge in [-0.3, -0.25) is 4.79 Å². The molecule has 1 N–H and O–H groups in total. The van der Waals surface area contributed by atoms with Gasteiger partial charge in [-0.1, -0.05) is 30.3 Å². The van der Waals surface area contributed by atoms with Crippen LogP contribution in [-0.4, -0.2) is 63.4 Å². The molecule has 1 aliphatic rings. The number of rotatable bonds is 12. The van der Waals surface area contributed by atoms with Crippen LogP contribution in [0.15, 0.2) is 59.1 Å². The molecule has 1 aromatic heterocycles. The van der Waals surface area contributed by atoms with Gasteiger partial charge < -0.3 is 29.2 Å². The normalized spacial score (nSPS) is 14.2. The first-order valence-corrected chi connectivity index (χ1v) is 15.9. The standard InChI is InChI=1S/C32H37BrN2O7S/c1-5-40-25(36)19-41-28-26(33)29(43-30(28)32(38)39-4)22-10-9-13-24(18-22)42-27(21-14-16-34-17-15-21)31(37)35(20(2)3)23-11-7-6-8-12-23/h6-13,18,20-21,27,34H,5,14-17,19H2,1-4H3. The van der Waals surface area contributed by atoms with E-state index in [1.165, 1.54) is 18.4 Å². The van der Waals surface area contributed by atoms with Crippen molar-refractivity contribution in [2.24, 2.45) is 5.92 Å². The Labute approximate surface area is 264 Å². The number of para-hydroxylation sites is 1. The van der Waals surface area contributed by atoms with Crippen LogP contribution in [0.1, 0.15) is 43.3 Å². The van der Waals surface area contributed by atoms with Crippen LogP contribution >= 0.6 is 27.3 Å². The molecule has 2 aromatic carbocycles. The number of nitrogens with one attached hydrogen (secondary N) is 1. The molecule has 1 fully saturated rings. The third kappa shape index (κ3) is 7.95.